The second kappa shape index (κ2) is 10.6. The van der Waals surface area contributed by atoms with E-state index in [9.17, 15) is 0 Å². The van der Waals surface area contributed by atoms with E-state index < -0.39 is 0 Å². The first-order valence-electron chi connectivity index (χ1n) is 8.97. The Labute approximate surface area is 161 Å². The van der Waals surface area contributed by atoms with Gasteiger partial charge in [-0.05, 0) is 47.4 Å². The van der Waals surface area contributed by atoms with Crippen LogP contribution in [0.4, 0.5) is 0 Å². The summed E-state index contributed by atoms with van der Waals surface area (Å²) in [5.74, 6) is 6.89. The summed E-state index contributed by atoms with van der Waals surface area (Å²) < 4.78 is 0. The molecule has 3 aromatic carbocycles. The van der Waals surface area contributed by atoms with Crippen molar-refractivity contribution in [3.05, 3.63) is 107 Å². The molecule has 1 atom stereocenters. The average molecular weight is 353 g/mol. The van der Waals surface area contributed by atoms with E-state index in [-0.39, 0.29) is 0 Å². The standard InChI is InChI=1S/C24H22.CHNO/c1-3-20-9-11-21(12-10-20)13-14-22-15-17-24(18-16-22)19(2)23-7-5-4-6-8-23;2-1-3/h4-12,15-19H,3H2,1-2H3;2H. The molecule has 3 aromatic rings. The van der Waals surface area contributed by atoms with Gasteiger partial charge in [0.2, 0.25) is 6.08 Å². The van der Waals surface area contributed by atoms with Gasteiger partial charge in [0.1, 0.15) is 0 Å². The van der Waals surface area contributed by atoms with Gasteiger partial charge in [-0.25, -0.2) is 10.2 Å². The first-order valence-corrected chi connectivity index (χ1v) is 8.97. The van der Waals surface area contributed by atoms with Crippen LogP contribution in [-0.2, 0) is 11.2 Å². The third-order valence-corrected chi connectivity index (χ3v) is 4.42. The fourth-order valence-electron chi connectivity index (χ4n) is 2.76. The molecular weight excluding hydrogens is 330 g/mol. The quantitative estimate of drug-likeness (QED) is 0.366. The highest BCUT2D eigenvalue weighted by molar-refractivity contribution is 5.45. The third-order valence-electron chi connectivity index (χ3n) is 4.42. The van der Waals surface area contributed by atoms with Crippen molar-refractivity contribution in [1.82, 2.24) is 0 Å². The number of benzene rings is 3. The van der Waals surface area contributed by atoms with E-state index in [4.69, 9.17) is 10.2 Å². The maximum absolute atomic E-state index is 8.35. The second-order valence-corrected chi connectivity index (χ2v) is 6.16. The lowest BCUT2D eigenvalue weighted by Crippen LogP contribution is -1.95. The van der Waals surface area contributed by atoms with Crippen molar-refractivity contribution in [2.75, 3.05) is 0 Å². The molecule has 0 saturated heterocycles. The predicted octanol–water partition coefficient (Wildman–Crippen LogP) is 5.70. The van der Waals surface area contributed by atoms with Crippen LogP contribution < -0.4 is 0 Å². The van der Waals surface area contributed by atoms with Gasteiger partial charge in [0.25, 0.3) is 0 Å². The zero-order chi connectivity index (χ0) is 19.5. The summed E-state index contributed by atoms with van der Waals surface area (Å²) in [5.41, 5.74) is 6.12. The van der Waals surface area contributed by atoms with Crippen molar-refractivity contribution >= 4 is 6.08 Å². The molecule has 0 spiro atoms. The lowest BCUT2D eigenvalue weighted by Gasteiger charge is -2.12. The van der Waals surface area contributed by atoms with Crippen LogP contribution in [0, 0.1) is 17.3 Å². The lowest BCUT2D eigenvalue weighted by molar-refractivity contribution is 0.563. The van der Waals surface area contributed by atoms with E-state index in [0.717, 1.165) is 23.6 Å². The van der Waals surface area contributed by atoms with Crippen molar-refractivity contribution in [1.29, 1.82) is 5.41 Å². The topological polar surface area (TPSA) is 40.9 Å². The molecule has 0 radical (unpaired) electrons. The van der Waals surface area contributed by atoms with E-state index in [2.05, 4.69) is 105 Å². The Morgan fingerprint density at radius 3 is 1.70 bits per heavy atom. The number of aryl methyl sites for hydroxylation is 1. The van der Waals surface area contributed by atoms with E-state index >= 15 is 0 Å². The van der Waals surface area contributed by atoms with Crippen LogP contribution in [0.3, 0.4) is 0 Å². The number of hydrogen-bond acceptors (Lipinski definition) is 2. The molecule has 27 heavy (non-hydrogen) atoms. The minimum atomic E-state index is 0.398. The van der Waals surface area contributed by atoms with E-state index in [1.165, 1.54) is 16.7 Å². The summed E-state index contributed by atoms with van der Waals surface area (Å²) in [7, 11) is 0. The molecule has 0 aliphatic rings. The molecule has 134 valence electrons. The Balaban J connectivity index is 0.000000817. The Morgan fingerprint density at radius 1 is 0.778 bits per heavy atom. The molecule has 0 bridgehead atoms. The van der Waals surface area contributed by atoms with Crippen molar-refractivity contribution in [2.45, 2.75) is 26.2 Å². The van der Waals surface area contributed by atoms with Crippen LogP contribution in [0.2, 0.25) is 0 Å². The molecule has 3 rings (SSSR count). The fraction of sp³-hybridized carbons (Fsp3) is 0.160. The highest BCUT2D eigenvalue weighted by Gasteiger charge is 2.07. The number of hydrogen-bond donors (Lipinski definition) is 1. The highest BCUT2D eigenvalue weighted by atomic mass is 16.1. The molecule has 1 N–H and O–H groups in total. The monoisotopic (exact) mass is 353 g/mol. The highest BCUT2D eigenvalue weighted by Crippen LogP contribution is 2.23. The van der Waals surface area contributed by atoms with Crippen molar-refractivity contribution in [2.24, 2.45) is 0 Å². The van der Waals surface area contributed by atoms with Crippen molar-refractivity contribution in [3.8, 4) is 11.8 Å². The predicted molar refractivity (Wildman–Crippen MR) is 111 cm³/mol. The molecule has 0 fully saturated rings. The van der Waals surface area contributed by atoms with Gasteiger partial charge in [0.15, 0.2) is 0 Å². The minimum absolute atomic E-state index is 0.398. The Bertz CT molecular complexity index is 924. The molecule has 0 aliphatic carbocycles. The molecule has 1 unspecified atom stereocenters. The van der Waals surface area contributed by atoms with E-state index in [1.54, 1.807) is 0 Å². The van der Waals surface area contributed by atoms with Gasteiger partial charge in [-0.15, -0.1) is 0 Å². The average Bonchev–Trinajstić information content (AvgIpc) is 2.74. The fourth-order valence-corrected chi connectivity index (χ4v) is 2.76. The number of isocyanates is 1. The zero-order valence-corrected chi connectivity index (χ0v) is 15.7. The molecule has 2 nitrogen and oxygen atoms in total. The van der Waals surface area contributed by atoms with Crippen molar-refractivity contribution in [3.63, 3.8) is 0 Å². The summed E-state index contributed by atoms with van der Waals surface area (Å²) in [5, 5.41) is 5.40. The lowest BCUT2D eigenvalue weighted by atomic mass is 9.93. The first-order chi connectivity index (χ1) is 13.2. The summed E-state index contributed by atoms with van der Waals surface area (Å²) >= 11 is 0. The first kappa shape index (κ1) is 19.9. The van der Waals surface area contributed by atoms with Crippen LogP contribution >= 0.6 is 0 Å². The molecule has 0 aliphatic heterocycles. The summed E-state index contributed by atoms with van der Waals surface area (Å²) in [4.78, 5) is 8.35. The van der Waals surface area contributed by atoms with Gasteiger partial charge in [0.05, 0.1) is 0 Å². The van der Waals surface area contributed by atoms with Gasteiger partial charge < -0.3 is 0 Å². The van der Waals surface area contributed by atoms with Gasteiger partial charge in [0, 0.05) is 17.0 Å². The second-order valence-electron chi connectivity index (χ2n) is 6.16. The van der Waals surface area contributed by atoms with Crippen LogP contribution in [-0.4, -0.2) is 6.08 Å². The van der Waals surface area contributed by atoms with Crippen LogP contribution in [0.25, 0.3) is 0 Å². The normalized spacial score (nSPS) is 10.4. The maximum atomic E-state index is 8.35. The van der Waals surface area contributed by atoms with Gasteiger partial charge >= 0.3 is 0 Å². The Kier molecular flexibility index (Phi) is 7.79. The third kappa shape index (κ3) is 6.12. The van der Waals surface area contributed by atoms with Gasteiger partial charge in [-0.1, -0.05) is 80.3 Å². The molecule has 0 saturated carbocycles. The smallest absolute Gasteiger partial charge is 0.222 e. The zero-order valence-electron chi connectivity index (χ0n) is 15.7. The Morgan fingerprint density at radius 2 is 1.22 bits per heavy atom. The minimum Gasteiger partial charge on any atom is -0.222 e. The molecule has 2 heteroatoms. The molecule has 0 heterocycles. The van der Waals surface area contributed by atoms with Crippen LogP contribution in [0.1, 0.15) is 47.6 Å². The number of rotatable bonds is 3. The van der Waals surface area contributed by atoms with E-state index in [0.29, 0.717) is 5.92 Å². The van der Waals surface area contributed by atoms with Crippen LogP contribution in [0.15, 0.2) is 78.9 Å². The molecule has 0 aromatic heterocycles. The summed E-state index contributed by atoms with van der Waals surface area (Å²) in [6.45, 7) is 4.41. The van der Waals surface area contributed by atoms with Crippen LogP contribution in [0.5, 0.6) is 0 Å². The summed E-state index contributed by atoms with van der Waals surface area (Å²) in [6, 6.07) is 27.7. The molecule has 0 amide bonds. The maximum Gasteiger partial charge on any atom is 0.231 e. The SMILES string of the molecule is CCc1ccc(C#Cc2ccc(C(C)c3ccccc3)cc2)cc1.N=C=O. The summed E-state index contributed by atoms with van der Waals surface area (Å²) in [6.07, 6.45) is 1.81. The number of carbonyl (C=O) groups excluding carboxylic acids is 1. The molecular formula is C25H23NO. The van der Waals surface area contributed by atoms with Crippen molar-refractivity contribution < 1.29 is 4.79 Å². The van der Waals surface area contributed by atoms with Gasteiger partial charge in [-0.2, -0.15) is 0 Å². The Hall–Kier alpha value is -3.40. The largest absolute Gasteiger partial charge is 0.231 e. The van der Waals surface area contributed by atoms with Gasteiger partial charge in [-0.3, -0.25) is 0 Å². The number of nitrogens with one attached hydrogen (secondary N) is 1. The van der Waals surface area contributed by atoms with E-state index in [1.807, 2.05) is 0 Å².